The summed E-state index contributed by atoms with van der Waals surface area (Å²) in [4.78, 5) is 0. The van der Waals surface area contributed by atoms with E-state index in [1.54, 1.807) is 0 Å². The first-order valence-corrected chi connectivity index (χ1v) is 6.49. The van der Waals surface area contributed by atoms with E-state index in [1.165, 1.54) is 11.1 Å². The van der Waals surface area contributed by atoms with Crippen LogP contribution >= 0.6 is 11.8 Å². The van der Waals surface area contributed by atoms with Gasteiger partial charge in [-0.15, -0.1) is 0 Å². The van der Waals surface area contributed by atoms with E-state index in [0.29, 0.717) is 6.10 Å². The SMILES string of the molecule is Cc1ccc2c(c1)CC(CSCCN)O2. The smallest absolute Gasteiger partial charge is 0.123 e. The lowest BCUT2D eigenvalue weighted by Gasteiger charge is -2.09. The van der Waals surface area contributed by atoms with Gasteiger partial charge in [-0.05, 0) is 18.6 Å². The third-order valence-electron chi connectivity index (χ3n) is 2.52. The van der Waals surface area contributed by atoms with Crippen molar-refractivity contribution < 1.29 is 4.74 Å². The van der Waals surface area contributed by atoms with Crippen molar-refractivity contribution in [1.82, 2.24) is 0 Å². The molecule has 82 valence electrons. The number of fused-ring (bicyclic) bond motifs is 1. The van der Waals surface area contributed by atoms with Crippen molar-refractivity contribution in [2.75, 3.05) is 18.1 Å². The molecule has 0 saturated heterocycles. The van der Waals surface area contributed by atoms with Gasteiger partial charge in [0.05, 0.1) is 0 Å². The van der Waals surface area contributed by atoms with Gasteiger partial charge in [-0.1, -0.05) is 17.7 Å². The van der Waals surface area contributed by atoms with E-state index in [9.17, 15) is 0 Å². The van der Waals surface area contributed by atoms with Crippen LogP contribution in [0.25, 0.3) is 0 Å². The van der Waals surface area contributed by atoms with Crippen molar-refractivity contribution in [3.05, 3.63) is 29.3 Å². The molecule has 0 bridgehead atoms. The Morgan fingerprint density at radius 3 is 3.20 bits per heavy atom. The molecule has 1 aliphatic rings. The first-order chi connectivity index (χ1) is 7.29. The summed E-state index contributed by atoms with van der Waals surface area (Å²) in [7, 11) is 0. The summed E-state index contributed by atoms with van der Waals surface area (Å²) in [5, 5.41) is 0. The number of nitrogens with two attached hydrogens (primary N) is 1. The Morgan fingerprint density at radius 1 is 1.53 bits per heavy atom. The van der Waals surface area contributed by atoms with E-state index < -0.39 is 0 Å². The molecule has 1 unspecified atom stereocenters. The average Bonchev–Trinajstić information content (AvgIpc) is 2.60. The number of hydrogen-bond acceptors (Lipinski definition) is 3. The molecule has 0 amide bonds. The molecule has 1 atom stereocenters. The highest BCUT2D eigenvalue weighted by Gasteiger charge is 2.22. The first-order valence-electron chi connectivity index (χ1n) is 5.33. The zero-order valence-corrected chi connectivity index (χ0v) is 9.85. The second-order valence-electron chi connectivity index (χ2n) is 3.92. The third-order valence-corrected chi connectivity index (χ3v) is 3.66. The highest BCUT2D eigenvalue weighted by Crippen LogP contribution is 2.30. The fraction of sp³-hybridized carbons (Fsp3) is 0.500. The molecule has 1 aromatic carbocycles. The van der Waals surface area contributed by atoms with Gasteiger partial charge in [-0.3, -0.25) is 0 Å². The van der Waals surface area contributed by atoms with Gasteiger partial charge in [-0.2, -0.15) is 11.8 Å². The topological polar surface area (TPSA) is 35.2 Å². The number of benzene rings is 1. The number of aryl methyl sites for hydroxylation is 1. The van der Waals surface area contributed by atoms with Gasteiger partial charge in [0.1, 0.15) is 11.9 Å². The van der Waals surface area contributed by atoms with Gasteiger partial charge in [0.2, 0.25) is 0 Å². The molecule has 0 aliphatic carbocycles. The quantitative estimate of drug-likeness (QED) is 0.793. The van der Waals surface area contributed by atoms with Crippen LogP contribution in [0.2, 0.25) is 0 Å². The molecule has 1 heterocycles. The van der Waals surface area contributed by atoms with Crippen molar-refractivity contribution in [2.45, 2.75) is 19.4 Å². The molecule has 2 nitrogen and oxygen atoms in total. The molecular weight excluding hydrogens is 206 g/mol. The van der Waals surface area contributed by atoms with Crippen molar-refractivity contribution in [3.8, 4) is 5.75 Å². The van der Waals surface area contributed by atoms with Crippen molar-refractivity contribution in [3.63, 3.8) is 0 Å². The van der Waals surface area contributed by atoms with Gasteiger partial charge in [0.15, 0.2) is 0 Å². The Balaban J connectivity index is 1.91. The maximum atomic E-state index is 5.85. The Bertz CT molecular complexity index is 340. The molecule has 0 radical (unpaired) electrons. The summed E-state index contributed by atoms with van der Waals surface area (Å²) in [6.45, 7) is 2.88. The van der Waals surface area contributed by atoms with E-state index >= 15 is 0 Å². The monoisotopic (exact) mass is 223 g/mol. The summed E-state index contributed by atoms with van der Waals surface area (Å²) in [6, 6.07) is 6.41. The van der Waals surface area contributed by atoms with Crippen molar-refractivity contribution >= 4 is 11.8 Å². The van der Waals surface area contributed by atoms with Crippen LogP contribution in [0.4, 0.5) is 0 Å². The Labute approximate surface area is 95.2 Å². The van der Waals surface area contributed by atoms with Crippen LogP contribution in [0.15, 0.2) is 18.2 Å². The van der Waals surface area contributed by atoms with Crippen LogP contribution in [0.3, 0.4) is 0 Å². The number of hydrogen-bond donors (Lipinski definition) is 1. The predicted octanol–water partition coefficient (Wildman–Crippen LogP) is 1.99. The standard InChI is InChI=1S/C12H17NOS/c1-9-2-3-12-10(6-9)7-11(14-12)8-15-5-4-13/h2-3,6,11H,4-5,7-8,13H2,1H3. The first kappa shape index (κ1) is 10.8. The highest BCUT2D eigenvalue weighted by molar-refractivity contribution is 7.99. The largest absolute Gasteiger partial charge is 0.489 e. The predicted molar refractivity (Wildman–Crippen MR) is 65.7 cm³/mol. The molecule has 2 N–H and O–H groups in total. The van der Waals surface area contributed by atoms with Crippen LogP contribution < -0.4 is 10.5 Å². The maximum Gasteiger partial charge on any atom is 0.123 e. The van der Waals surface area contributed by atoms with Crippen LogP contribution in [0, 0.1) is 6.92 Å². The highest BCUT2D eigenvalue weighted by atomic mass is 32.2. The summed E-state index contributed by atoms with van der Waals surface area (Å²) < 4.78 is 5.85. The molecule has 0 aromatic heterocycles. The molecule has 1 aromatic rings. The van der Waals surface area contributed by atoms with Crippen LogP contribution in [0.5, 0.6) is 5.75 Å². The lowest BCUT2D eigenvalue weighted by molar-refractivity contribution is 0.259. The third kappa shape index (κ3) is 2.67. The number of thioether (sulfide) groups is 1. The van der Waals surface area contributed by atoms with Gasteiger partial charge in [-0.25, -0.2) is 0 Å². The molecule has 3 heteroatoms. The minimum atomic E-state index is 0.346. The molecule has 15 heavy (non-hydrogen) atoms. The zero-order chi connectivity index (χ0) is 10.7. The number of rotatable bonds is 4. The lowest BCUT2D eigenvalue weighted by atomic mass is 10.1. The van der Waals surface area contributed by atoms with Gasteiger partial charge >= 0.3 is 0 Å². The van der Waals surface area contributed by atoms with Crippen molar-refractivity contribution in [2.24, 2.45) is 5.73 Å². The lowest BCUT2D eigenvalue weighted by Crippen LogP contribution is -2.17. The molecule has 0 fully saturated rings. The van der Waals surface area contributed by atoms with E-state index in [-0.39, 0.29) is 0 Å². The Morgan fingerprint density at radius 2 is 2.40 bits per heavy atom. The van der Waals surface area contributed by atoms with Gasteiger partial charge in [0.25, 0.3) is 0 Å². The molecule has 0 saturated carbocycles. The summed E-state index contributed by atoms with van der Waals surface area (Å²) in [6.07, 6.45) is 1.40. The Kier molecular flexibility index (Phi) is 3.54. The zero-order valence-electron chi connectivity index (χ0n) is 9.03. The van der Waals surface area contributed by atoms with Gasteiger partial charge in [0, 0.05) is 24.5 Å². The second-order valence-corrected chi connectivity index (χ2v) is 5.07. The maximum absolute atomic E-state index is 5.85. The molecule has 0 spiro atoms. The fourth-order valence-corrected chi connectivity index (χ4v) is 2.62. The average molecular weight is 223 g/mol. The second kappa shape index (κ2) is 4.90. The van der Waals surface area contributed by atoms with Gasteiger partial charge < -0.3 is 10.5 Å². The minimum Gasteiger partial charge on any atom is -0.489 e. The fourth-order valence-electron chi connectivity index (χ4n) is 1.84. The molecular formula is C12H17NOS. The van der Waals surface area contributed by atoms with E-state index in [2.05, 4.69) is 25.1 Å². The van der Waals surface area contributed by atoms with Crippen LogP contribution in [-0.2, 0) is 6.42 Å². The summed E-state index contributed by atoms with van der Waals surface area (Å²) in [5.41, 5.74) is 8.12. The minimum absolute atomic E-state index is 0.346. The number of ether oxygens (including phenoxy) is 1. The summed E-state index contributed by atoms with van der Waals surface area (Å²) in [5.74, 6) is 3.14. The van der Waals surface area contributed by atoms with Crippen LogP contribution in [0.1, 0.15) is 11.1 Å². The van der Waals surface area contributed by atoms with E-state index in [0.717, 1.165) is 30.2 Å². The summed E-state index contributed by atoms with van der Waals surface area (Å²) >= 11 is 1.88. The van der Waals surface area contributed by atoms with Crippen LogP contribution in [-0.4, -0.2) is 24.2 Å². The molecule has 1 aliphatic heterocycles. The van der Waals surface area contributed by atoms with E-state index in [4.69, 9.17) is 10.5 Å². The Hall–Kier alpha value is -0.670. The van der Waals surface area contributed by atoms with E-state index in [1.807, 2.05) is 11.8 Å². The normalized spacial score (nSPS) is 18.7. The van der Waals surface area contributed by atoms with Crippen molar-refractivity contribution in [1.29, 1.82) is 0 Å². The molecule has 2 rings (SSSR count).